The summed E-state index contributed by atoms with van der Waals surface area (Å²) in [5.74, 6) is 4.37. The van der Waals surface area contributed by atoms with Crippen LogP contribution in [0.25, 0.3) is 77.6 Å². The van der Waals surface area contributed by atoms with Crippen LogP contribution in [0.1, 0.15) is 57.1 Å². The molecule has 4 nitrogen and oxygen atoms in total. The monoisotopic (exact) mass is 710 g/mol. The van der Waals surface area contributed by atoms with Crippen LogP contribution in [0.5, 0.6) is 0 Å². The van der Waals surface area contributed by atoms with E-state index in [0.717, 1.165) is 61.4 Å². The largest absolute Gasteiger partial charge is 0.208 e. The van der Waals surface area contributed by atoms with Gasteiger partial charge in [0.1, 0.15) is 0 Å². The fraction of sp³-hybridized carbons (Fsp3) is 0.216. The Hall–Kier alpha value is -6.18. The van der Waals surface area contributed by atoms with E-state index in [1.807, 2.05) is 48.5 Å². The minimum absolute atomic E-state index is 0.346. The third kappa shape index (κ3) is 6.15. The van der Waals surface area contributed by atoms with Crippen LogP contribution in [-0.4, -0.2) is 15.0 Å². The molecule has 266 valence electrons. The van der Waals surface area contributed by atoms with E-state index in [4.69, 9.17) is 15.0 Å². The van der Waals surface area contributed by atoms with Crippen LogP contribution >= 0.6 is 0 Å². The van der Waals surface area contributed by atoms with Gasteiger partial charge in [-0.1, -0.05) is 123 Å². The quantitative estimate of drug-likeness (QED) is 0.167. The zero-order valence-electron chi connectivity index (χ0n) is 31.3. The van der Waals surface area contributed by atoms with Gasteiger partial charge in [-0.3, -0.25) is 0 Å². The molecule has 0 saturated heterocycles. The van der Waals surface area contributed by atoms with Crippen molar-refractivity contribution in [2.75, 3.05) is 0 Å². The molecule has 10 rings (SSSR count). The van der Waals surface area contributed by atoms with Gasteiger partial charge in [0.15, 0.2) is 17.5 Å². The molecule has 0 amide bonds. The molecular weight excluding hydrogens is 669 g/mol. The highest BCUT2D eigenvalue weighted by Gasteiger charge is 2.45. The van der Waals surface area contributed by atoms with Crippen LogP contribution in [0.4, 0.5) is 0 Å². The van der Waals surface area contributed by atoms with Gasteiger partial charge in [0, 0.05) is 16.7 Å². The molecule has 2 aliphatic carbocycles. The summed E-state index contributed by atoms with van der Waals surface area (Å²) in [6.45, 7) is 4.93. The van der Waals surface area contributed by atoms with Crippen molar-refractivity contribution in [2.45, 2.75) is 51.4 Å². The zero-order valence-corrected chi connectivity index (χ0v) is 31.3. The van der Waals surface area contributed by atoms with Gasteiger partial charge < -0.3 is 0 Å². The third-order valence-corrected chi connectivity index (χ3v) is 12.5. The van der Waals surface area contributed by atoms with Crippen molar-refractivity contribution in [1.29, 1.82) is 5.26 Å². The first kappa shape index (κ1) is 33.4. The first-order chi connectivity index (χ1) is 26.9. The van der Waals surface area contributed by atoms with Gasteiger partial charge in [0.2, 0.25) is 0 Å². The van der Waals surface area contributed by atoms with Gasteiger partial charge in [0.05, 0.1) is 11.6 Å². The molecule has 4 heteroatoms. The van der Waals surface area contributed by atoms with E-state index in [2.05, 4.69) is 111 Å². The number of benzene rings is 7. The molecule has 55 heavy (non-hydrogen) atoms. The van der Waals surface area contributed by atoms with Crippen molar-refractivity contribution in [3.8, 4) is 51.4 Å². The van der Waals surface area contributed by atoms with Gasteiger partial charge in [0.25, 0.3) is 0 Å². The highest BCUT2D eigenvalue weighted by Crippen LogP contribution is 2.54. The topological polar surface area (TPSA) is 62.5 Å². The fourth-order valence-electron chi connectivity index (χ4n) is 10.2. The number of rotatable bonds is 5. The Morgan fingerprint density at radius 3 is 1.65 bits per heavy atom. The Morgan fingerprint density at radius 2 is 1.00 bits per heavy atom. The smallest absolute Gasteiger partial charge is 0.164 e. The summed E-state index contributed by atoms with van der Waals surface area (Å²) in [6.07, 6.45) is 6.81. The molecule has 2 fully saturated rings. The van der Waals surface area contributed by atoms with Gasteiger partial charge >= 0.3 is 0 Å². The lowest BCUT2D eigenvalue weighted by atomic mass is 9.54. The van der Waals surface area contributed by atoms with Crippen molar-refractivity contribution < 1.29 is 0 Å². The Balaban J connectivity index is 1.01. The molecule has 2 bridgehead atoms. The Bertz CT molecular complexity index is 2780. The Kier molecular flexibility index (Phi) is 8.07. The van der Waals surface area contributed by atoms with E-state index in [1.165, 1.54) is 48.6 Å². The van der Waals surface area contributed by atoms with E-state index in [9.17, 15) is 5.26 Å². The maximum absolute atomic E-state index is 9.62. The summed E-state index contributed by atoms with van der Waals surface area (Å²) in [5, 5.41) is 16.2. The minimum atomic E-state index is 0.346. The summed E-state index contributed by atoms with van der Waals surface area (Å²) in [6, 6.07) is 51.6. The van der Waals surface area contributed by atoms with E-state index >= 15 is 0 Å². The first-order valence-corrected chi connectivity index (χ1v) is 19.7. The number of fused-ring (bicyclic) bond motifs is 6. The van der Waals surface area contributed by atoms with Crippen molar-refractivity contribution in [2.24, 2.45) is 17.8 Å². The molecule has 2 aliphatic rings. The zero-order chi connectivity index (χ0) is 37.1. The van der Waals surface area contributed by atoms with E-state index in [0.29, 0.717) is 28.5 Å². The second-order valence-electron chi connectivity index (χ2n) is 16.5. The summed E-state index contributed by atoms with van der Waals surface area (Å²) >= 11 is 0. The molecule has 0 spiro atoms. The Labute approximate surface area is 322 Å². The highest BCUT2D eigenvalue weighted by atomic mass is 15.0. The maximum atomic E-state index is 9.62. The lowest BCUT2D eigenvalue weighted by Gasteiger charge is -2.50. The minimum Gasteiger partial charge on any atom is -0.208 e. The normalized spacial score (nSPS) is 20.8. The fourth-order valence-corrected chi connectivity index (χ4v) is 10.2. The third-order valence-electron chi connectivity index (χ3n) is 12.5. The molecule has 1 aromatic heterocycles. The number of hydrogen-bond acceptors (Lipinski definition) is 4. The van der Waals surface area contributed by atoms with E-state index in [1.54, 1.807) is 5.56 Å². The second kappa shape index (κ2) is 13.3. The predicted octanol–water partition coefficient (Wildman–Crippen LogP) is 13.0. The SMILES string of the molecule is C[C@@H]1CC2C[C@H](C)CC(c3ccc(-c4ccc5cc(-c6nc(-c7ccccc7)nc(-c7ccc8ccc9ccc(C#N)cc9c8c7)n6)ccc5c4)cc3)(C2)C1. The molecule has 4 atom stereocenters. The second-order valence-corrected chi connectivity index (χ2v) is 16.5. The van der Waals surface area contributed by atoms with Crippen molar-refractivity contribution in [1.82, 2.24) is 15.0 Å². The average molecular weight is 711 g/mol. The number of hydrogen-bond donors (Lipinski definition) is 0. The van der Waals surface area contributed by atoms with Crippen LogP contribution in [0.2, 0.25) is 0 Å². The molecular formula is C51H42N4. The lowest BCUT2D eigenvalue weighted by molar-refractivity contribution is 0.0780. The van der Waals surface area contributed by atoms with Crippen molar-refractivity contribution in [3.63, 3.8) is 0 Å². The van der Waals surface area contributed by atoms with Crippen molar-refractivity contribution >= 4 is 32.3 Å². The van der Waals surface area contributed by atoms with Gasteiger partial charge in [-0.2, -0.15) is 5.26 Å². The summed E-state index contributed by atoms with van der Waals surface area (Å²) in [7, 11) is 0. The molecule has 0 N–H and O–H groups in total. The molecule has 0 aliphatic heterocycles. The van der Waals surface area contributed by atoms with E-state index in [-0.39, 0.29) is 0 Å². The molecule has 2 saturated carbocycles. The average Bonchev–Trinajstić information content (AvgIpc) is 3.22. The van der Waals surface area contributed by atoms with Gasteiger partial charge in [-0.05, 0) is 135 Å². The van der Waals surface area contributed by atoms with Crippen LogP contribution < -0.4 is 0 Å². The van der Waals surface area contributed by atoms with Crippen LogP contribution in [0.3, 0.4) is 0 Å². The highest BCUT2D eigenvalue weighted by molar-refractivity contribution is 6.09. The molecule has 0 radical (unpaired) electrons. The van der Waals surface area contributed by atoms with Crippen LogP contribution in [-0.2, 0) is 5.41 Å². The van der Waals surface area contributed by atoms with E-state index < -0.39 is 0 Å². The number of nitriles is 1. The molecule has 8 aromatic rings. The lowest BCUT2D eigenvalue weighted by Crippen LogP contribution is -2.42. The van der Waals surface area contributed by atoms with Crippen molar-refractivity contribution in [3.05, 3.63) is 151 Å². The molecule has 7 aromatic carbocycles. The standard InChI is InChI=1S/C51H42N4/c1-32-22-35-23-33(2)29-51(28-32,30-35)45-20-18-36(19-21-45)40-13-14-42-26-43(17-15-41(42)25-40)49-53-48(39-6-4-3-5-7-39)54-50(55-49)44-16-12-38-11-10-37-9-8-34(31-52)24-46(37)47(38)27-44/h3-21,24-27,32-33,35H,22-23,28-30H2,1-2H3/t32-,33+,35?,51?. The molecule has 1 heterocycles. The predicted molar refractivity (Wildman–Crippen MR) is 225 cm³/mol. The van der Waals surface area contributed by atoms with Crippen LogP contribution in [0, 0.1) is 29.1 Å². The maximum Gasteiger partial charge on any atom is 0.164 e. The van der Waals surface area contributed by atoms with Gasteiger partial charge in [-0.15, -0.1) is 0 Å². The Morgan fingerprint density at radius 1 is 0.491 bits per heavy atom. The van der Waals surface area contributed by atoms with Crippen LogP contribution in [0.15, 0.2) is 140 Å². The molecule has 2 unspecified atom stereocenters. The summed E-state index contributed by atoms with van der Waals surface area (Å²) < 4.78 is 0. The first-order valence-electron chi connectivity index (χ1n) is 19.7. The van der Waals surface area contributed by atoms with Gasteiger partial charge in [-0.25, -0.2) is 15.0 Å². The summed E-state index contributed by atoms with van der Waals surface area (Å²) in [4.78, 5) is 15.1. The number of nitrogens with zero attached hydrogens (tertiary/aromatic N) is 4. The summed E-state index contributed by atoms with van der Waals surface area (Å²) in [5.41, 5.74) is 7.80. The number of aromatic nitrogens is 3.